The second-order valence-corrected chi connectivity index (χ2v) is 2.81. The van der Waals surface area contributed by atoms with Crippen LogP contribution in [0.4, 0.5) is 0 Å². The highest BCUT2D eigenvalue weighted by Crippen LogP contribution is 2.04. The molecular formula is C8H19NO. The first-order valence-corrected chi connectivity index (χ1v) is 4.16. The van der Waals surface area contributed by atoms with Crippen LogP contribution in [-0.4, -0.2) is 17.3 Å². The molecule has 2 nitrogen and oxygen atoms in total. The van der Waals surface area contributed by atoms with Crippen molar-refractivity contribution < 1.29 is 5.11 Å². The summed E-state index contributed by atoms with van der Waals surface area (Å²) < 4.78 is 0. The first kappa shape index (κ1) is 9.92. The average molecular weight is 145 g/mol. The predicted octanol–water partition coefficient (Wildman–Crippen LogP) is 1.27. The van der Waals surface area contributed by atoms with Crippen LogP contribution in [0.1, 0.15) is 39.5 Å². The molecule has 0 saturated carbocycles. The monoisotopic (exact) mass is 145 g/mol. The highest BCUT2D eigenvalue weighted by atomic mass is 16.3. The van der Waals surface area contributed by atoms with Crippen molar-refractivity contribution in [2.75, 3.05) is 0 Å². The molecule has 0 fully saturated rings. The molecule has 3 N–H and O–H groups in total. The zero-order valence-corrected chi connectivity index (χ0v) is 7.01. The summed E-state index contributed by atoms with van der Waals surface area (Å²) in [5.74, 6) is 0. The summed E-state index contributed by atoms with van der Waals surface area (Å²) >= 11 is 0. The van der Waals surface area contributed by atoms with Gasteiger partial charge >= 0.3 is 0 Å². The number of hydrogen-bond acceptors (Lipinski definition) is 2. The van der Waals surface area contributed by atoms with E-state index in [1.54, 1.807) is 0 Å². The molecule has 2 heteroatoms. The lowest BCUT2D eigenvalue weighted by atomic mass is 10.0. The van der Waals surface area contributed by atoms with Crippen LogP contribution in [0.5, 0.6) is 0 Å². The summed E-state index contributed by atoms with van der Waals surface area (Å²) in [6.45, 7) is 4.14. The fourth-order valence-corrected chi connectivity index (χ4v) is 1.04. The van der Waals surface area contributed by atoms with E-state index < -0.39 is 0 Å². The largest absolute Gasteiger partial charge is 0.392 e. The third kappa shape index (κ3) is 3.85. The Hall–Kier alpha value is -0.0800. The quantitative estimate of drug-likeness (QED) is 0.612. The van der Waals surface area contributed by atoms with E-state index in [1.807, 2.05) is 0 Å². The third-order valence-electron chi connectivity index (χ3n) is 1.70. The van der Waals surface area contributed by atoms with Crippen molar-refractivity contribution in [2.45, 2.75) is 51.7 Å². The van der Waals surface area contributed by atoms with E-state index in [9.17, 15) is 5.11 Å². The van der Waals surface area contributed by atoms with Gasteiger partial charge in [0.2, 0.25) is 0 Å². The van der Waals surface area contributed by atoms with Crippen LogP contribution in [0, 0.1) is 0 Å². The minimum atomic E-state index is -0.287. The average Bonchev–Trinajstić information content (AvgIpc) is 1.89. The van der Waals surface area contributed by atoms with Crippen molar-refractivity contribution in [3.8, 4) is 0 Å². The Labute approximate surface area is 63.4 Å². The number of aliphatic hydroxyl groups is 1. The Morgan fingerprint density at radius 2 is 1.70 bits per heavy atom. The second kappa shape index (κ2) is 5.69. The zero-order chi connectivity index (χ0) is 7.98. The third-order valence-corrected chi connectivity index (χ3v) is 1.70. The Kier molecular flexibility index (Phi) is 5.64. The van der Waals surface area contributed by atoms with E-state index in [1.165, 1.54) is 0 Å². The molecule has 2 atom stereocenters. The summed E-state index contributed by atoms with van der Waals surface area (Å²) in [7, 11) is 0. The molecule has 0 radical (unpaired) electrons. The van der Waals surface area contributed by atoms with Gasteiger partial charge in [-0.05, 0) is 12.8 Å². The number of hydrogen-bond donors (Lipinski definition) is 2. The molecule has 10 heavy (non-hydrogen) atoms. The highest BCUT2D eigenvalue weighted by Gasteiger charge is 2.11. The molecule has 0 unspecified atom stereocenters. The van der Waals surface area contributed by atoms with E-state index in [0.717, 1.165) is 25.7 Å². The maximum absolute atomic E-state index is 9.32. The van der Waals surface area contributed by atoms with Gasteiger partial charge in [-0.15, -0.1) is 0 Å². The number of aliphatic hydroxyl groups excluding tert-OH is 1. The first-order valence-electron chi connectivity index (χ1n) is 4.16. The van der Waals surface area contributed by atoms with Crippen molar-refractivity contribution >= 4 is 0 Å². The van der Waals surface area contributed by atoms with E-state index >= 15 is 0 Å². The Morgan fingerprint density at radius 3 is 2.10 bits per heavy atom. The van der Waals surface area contributed by atoms with E-state index in [2.05, 4.69) is 13.8 Å². The van der Waals surface area contributed by atoms with Gasteiger partial charge in [0.15, 0.2) is 0 Å². The molecule has 0 aliphatic carbocycles. The van der Waals surface area contributed by atoms with Gasteiger partial charge in [0, 0.05) is 6.04 Å². The van der Waals surface area contributed by atoms with E-state index in [0.29, 0.717) is 0 Å². The van der Waals surface area contributed by atoms with Gasteiger partial charge < -0.3 is 10.8 Å². The van der Waals surface area contributed by atoms with Crippen molar-refractivity contribution in [2.24, 2.45) is 5.73 Å². The molecule has 0 bridgehead atoms. The van der Waals surface area contributed by atoms with E-state index in [4.69, 9.17) is 5.73 Å². The Morgan fingerprint density at radius 1 is 1.20 bits per heavy atom. The van der Waals surface area contributed by atoms with Crippen molar-refractivity contribution in [3.05, 3.63) is 0 Å². The number of rotatable bonds is 5. The second-order valence-electron chi connectivity index (χ2n) is 2.81. The predicted molar refractivity (Wildman–Crippen MR) is 43.8 cm³/mol. The van der Waals surface area contributed by atoms with Gasteiger partial charge in [-0.25, -0.2) is 0 Å². The smallest absolute Gasteiger partial charge is 0.0691 e. The highest BCUT2D eigenvalue weighted by molar-refractivity contribution is 4.69. The van der Waals surface area contributed by atoms with Crippen molar-refractivity contribution in [3.63, 3.8) is 0 Å². The minimum Gasteiger partial charge on any atom is -0.392 e. The normalized spacial score (nSPS) is 16.8. The summed E-state index contributed by atoms with van der Waals surface area (Å²) in [4.78, 5) is 0. The maximum Gasteiger partial charge on any atom is 0.0691 e. The lowest BCUT2D eigenvalue weighted by Crippen LogP contribution is -2.34. The van der Waals surface area contributed by atoms with Crippen LogP contribution in [-0.2, 0) is 0 Å². The molecule has 0 rings (SSSR count). The molecule has 0 heterocycles. The lowest BCUT2D eigenvalue weighted by Gasteiger charge is -2.16. The van der Waals surface area contributed by atoms with Crippen LogP contribution >= 0.6 is 0 Å². The molecule has 62 valence electrons. The molecule has 0 aromatic carbocycles. The van der Waals surface area contributed by atoms with Gasteiger partial charge in [0.1, 0.15) is 0 Å². The molecule has 0 aliphatic rings. The van der Waals surface area contributed by atoms with Crippen LogP contribution in [0.25, 0.3) is 0 Å². The fourth-order valence-electron chi connectivity index (χ4n) is 1.04. The fraction of sp³-hybridized carbons (Fsp3) is 1.00. The standard InChI is InChI=1S/C8H19NO/c1-3-5-7(9)8(10)6-4-2/h7-8,10H,3-6,9H2,1-2H3/t7-,8+/m0/s1. The van der Waals surface area contributed by atoms with Gasteiger partial charge in [-0.2, -0.15) is 0 Å². The lowest BCUT2D eigenvalue weighted by molar-refractivity contribution is 0.130. The van der Waals surface area contributed by atoms with Crippen LogP contribution in [0.15, 0.2) is 0 Å². The first-order chi connectivity index (χ1) is 4.72. The summed E-state index contributed by atoms with van der Waals surface area (Å²) in [5, 5.41) is 9.32. The molecular weight excluding hydrogens is 126 g/mol. The van der Waals surface area contributed by atoms with Gasteiger partial charge in [-0.3, -0.25) is 0 Å². The molecule has 0 aliphatic heterocycles. The molecule has 0 amide bonds. The Bertz CT molecular complexity index is 65.7. The summed E-state index contributed by atoms with van der Waals surface area (Å²) in [6.07, 6.45) is 3.55. The SMILES string of the molecule is CCC[C@@H](O)[C@@H](N)CCC. The van der Waals surface area contributed by atoms with Gasteiger partial charge in [0.25, 0.3) is 0 Å². The van der Waals surface area contributed by atoms with Crippen LogP contribution in [0.3, 0.4) is 0 Å². The molecule has 0 spiro atoms. The van der Waals surface area contributed by atoms with Gasteiger partial charge in [-0.1, -0.05) is 26.7 Å². The molecule has 0 aromatic rings. The van der Waals surface area contributed by atoms with Crippen LogP contribution < -0.4 is 5.73 Å². The summed E-state index contributed by atoms with van der Waals surface area (Å²) in [5.41, 5.74) is 5.66. The van der Waals surface area contributed by atoms with E-state index in [-0.39, 0.29) is 12.1 Å². The zero-order valence-electron chi connectivity index (χ0n) is 7.01. The summed E-state index contributed by atoms with van der Waals surface area (Å²) in [6, 6.07) is -0.00931. The van der Waals surface area contributed by atoms with Crippen molar-refractivity contribution in [1.82, 2.24) is 0 Å². The molecule has 0 aromatic heterocycles. The minimum absolute atomic E-state index is 0.00931. The molecule has 0 saturated heterocycles. The number of nitrogens with two attached hydrogens (primary N) is 1. The van der Waals surface area contributed by atoms with Crippen molar-refractivity contribution in [1.29, 1.82) is 0 Å². The topological polar surface area (TPSA) is 46.2 Å². The maximum atomic E-state index is 9.32. The van der Waals surface area contributed by atoms with Gasteiger partial charge in [0.05, 0.1) is 6.10 Å². The van der Waals surface area contributed by atoms with Crippen LogP contribution in [0.2, 0.25) is 0 Å². The Balaban J connectivity index is 3.38.